The van der Waals surface area contributed by atoms with Gasteiger partial charge in [0, 0.05) is 12.0 Å². The number of ether oxygens (including phenoxy) is 3. The molecule has 0 amide bonds. The summed E-state index contributed by atoms with van der Waals surface area (Å²) < 4.78 is 16.4. The molecule has 2 aliphatic rings. The van der Waals surface area contributed by atoms with Crippen LogP contribution < -0.4 is 4.74 Å². The van der Waals surface area contributed by atoms with Crippen LogP contribution in [0.1, 0.15) is 35.2 Å². The SMILES string of the molecule is COc1ccc2c(c1)C1(CCCCO1)OC2=O. The number of rotatable bonds is 1. The van der Waals surface area contributed by atoms with Gasteiger partial charge in [-0.25, -0.2) is 4.79 Å². The van der Waals surface area contributed by atoms with E-state index in [9.17, 15) is 4.79 Å². The second-order valence-electron chi connectivity index (χ2n) is 4.36. The van der Waals surface area contributed by atoms with Crippen LogP contribution in [0.3, 0.4) is 0 Å². The highest BCUT2D eigenvalue weighted by Gasteiger charge is 2.47. The molecule has 1 fully saturated rings. The van der Waals surface area contributed by atoms with Crippen LogP contribution in [0.25, 0.3) is 0 Å². The van der Waals surface area contributed by atoms with Crippen LogP contribution >= 0.6 is 0 Å². The second kappa shape index (κ2) is 3.74. The fourth-order valence-electron chi connectivity index (χ4n) is 2.47. The summed E-state index contributed by atoms with van der Waals surface area (Å²) in [4.78, 5) is 11.8. The number of esters is 1. The number of benzene rings is 1. The van der Waals surface area contributed by atoms with Crippen molar-refractivity contribution in [1.29, 1.82) is 0 Å². The molecule has 1 aromatic carbocycles. The summed E-state index contributed by atoms with van der Waals surface area (Å²) in [5, 5.41) is 0. The lowest BCUT2D eigenvalue weighted by Crippen LogP contribution is -2.33. The first kappa shape index (κ1) is 10.6. The molecule has 4 heteroatoms. The van der Waals surface area contributed by atoms with E-state index in [0.717, 1.165) is 30.6 Å². The van der Waals surface area contributed by atoms with Crippen molar-refractivity contribution >= 4 is 5.97 Å². The number of hydrogen-bond donors (Lipinski definition) is 0. The highest BCUT2D eigenvalue weighted by Crippen LogP contribution is 2.44. The predicted octanol–water partition coefficient (Wildman–Crippen LogP) is 2.22. The second-order valence-corrected chi connectivity index (χ2v) is 4.36. The highest BCUT2D eigenvalue weighted by atomic mass is 16.7. The minimum Gasteiger partial charge on any atom is -0.497 e. The molecular weight excluding hydrogens is 220 g/mol. The third-order valence-corrected chi connectivity index (χ3v) is 3.35. The third kappa shape index (κ3) is 1.52. The van der Waals surface area contributed by atoms with E-state index in [2.05, 4.69) is 0 Å². The average molecular weight is 234 g/mol. The maximum Gasteiger partial charge on any atom is 0.341 e. The Morgan fingerprint density at radius 3 is 2.94 bits per heavy atom. The van der Waals surface area contributed by atoms with Crippen LogP contribution in [0.5, 0.6) is 5.75 Å². The number of carbonyl (C=O) groups excluding carboxylic acids is 1. The number of hydrogen-bond acceptors (Lipinski definition) is 4. The van der Waals surface area contributed by atoms with E-state index >= 15 is 0 Å². The molecule has 4 nitrogen and oxygen atoms in total. The Labute approximate surface area is 99.5 Å². The van der Waals surface area contributed by atoms with Crippen LogP contribution in [0.15, 0.2) is 18.2 Å². The average Bonchev–Trinajstić information content (AvgIpc) is 2.63. The molecule has 0 aromatic heterocycles. The molecule has 0 saturated carbocycles. The molecule has 1 spiro atoms. The Kier molecular flexibility index (Phi) is 2.33. The van der Waals surface area contributed by atoms with Gasteiger partial charge < -0.3 is 14.2 Å². The Hall–Kier alpha value is -1.55. The molecule has 3 rings (SSSR count). The summed E-state index contributed by atoms with van der Waals surface area (Å²) in [6.07, 6.45) is 2.74. The lowest BCUT2D eigenvalue weighted by atomic mass is 9.95. The summed E-state index contributed by atoms with van der Waals surface area (Å²) in [5.74, 6) is -0.445. The predicted molar refractivity (Wildman–Crippen MR) is 59.9 cm³/mol. The number of fused-ring (bicyclic) bond motifs is 2. The van der Waals surface area contributed by atoms with Crippen molar-refractivity contribution in [2.45, 2.75) is 25.0 Å². The number of methoxy groups -OCH3 is 1. The molecule has 1 atom stereocenters. The van der Waals surface area contributed by atoms with Gasteiger partial charge in [0.2, 0.25) is 5.79 Å². The van der Waals surface area contributed by atoms with Crippen LogP contribution in [0, 0.1) is 0 Å². The van der Waals surface area contributed by atoms with Gasteiger partial charge >= 0.3 is 5.97 Å². The molecular formula is C13H14O4. The largest absolute Gasteiger partial charge is 0.497 e. The van der Waals surface area contributed by atoms with Crippen LogP contribution in [-0.2, 0) is 15.3 Å². The molecule has 17 heavy (non-hydrogen) atoms. The quantitative estimate of drug-likeness (QED) is 0.699. The van der Waals surface area contributed by atoms with Gasteiger partial charge in [0.15, 0.2) is 0 Å². The van der Waals surface area contributed by atoms with Gasteiger partial charge in [0.05, 0.1) is 19.3 Å². The third-order valence-electron chi connectivity index (χ3n) is 3.35. The van der Waals surface area contributed by atoms with E-state index in [1.54, 1.807) is 19.2 Å². The van der Waals surface area contributed by atoms with E-state index in [-0.39, 0.29) is 5.97 Å². The first-order valence-electron chi connectivity index (χ1n) is 5.81. The van der Waals surface area contributed by atoms with Crippen molar-refractivity contribution in [3.05, 3.63) is 29.3 Å². The standard InChI is InChI=1S/C13H14O4/c1-15-9-4-5-10-11(8-9)13(17-12(10)14)6-2-3-7-16-13/h4-5,8H,2-3,6-7H2,1H3. The summed E-state index contributed by atoms with van der Waals surface area (Å²) in [7, 11) is 1.60. The van der Waals surface area contributed by atoms with E-state index in [4.69, 9.17) is 14.2 Å². The Morgan fingerprint density at radius 1 is 1.35 bits per heavy atom. The zero-order valence-corrected chi connectivity index (χ0v) is 9.69. The van der Waals surface area contributed by atoms with E-state index < -0.39 is 5.79 Å². The Balaban J connectivity index is 2.09. The summed E-state index contributed by atoms with van der Waals surface area (Å²) >= 11 is 0. The first-order valence-corrected chi connectivity index (χ1v) is 5.81. The van der Waals surface area contributed by atoms with Gasteiger partial charge in [-0.1, -0.05) is 0 Å². The monoisotopic (exact) mass is 234 g/mol. The Morgan fingerprint density at radius 2 is 2.24 bits per heavy atom. The van der Waals surface area contributed by atoms with Crippen molar-refractivity contribution < 1.29 is 19.0 Å². The molecule has 0 N–H and O–H groups in total. The lowest BCUT2D eigenvalue weighted by Gasteiger charge is -2.32. The minimum absolute atomic E-state index is 0.301. The smallest absolute Gasteiger partial charge is 0.341 e. The molecule has 1 unspecified atom stereocenters. The van der Waals surface area contributed by atoms with Crippen molar-refractivity contribution in [1.82, 2.24) is 0 Å². The fourth-order valence-corrected chi connectivity index (χ4v) is 2.47. The molecule has 2 heterocycles. The van der Waals surface area contributed by atoms with Crippen molar-refractivity contribution in [2.75, 3.05) is 13.7 Å². The van der Waals surface area contributed by atoms with Gasteiger partial charge in [0.25, 0.3) is 0 Å². The van der Waals surface area contributed by atoms with Gasteiger partial charge in [-0.2, -0.15) is 0 Å². The van der Waals surface area contributed by atoms with Gasteiger partial charge in [0.1, 0.15) is 5.75 Å². The van der Waals surface area contributed by atoms with Crippen LogP contribution in [-0.4, -0.2) is 19.7 Å². The minimum atomic E-state index is -0.862. The highest BCUT2D eigenvalue weighted by molar-refractivity contribution is 5.94. The maximum absolute atomic E-state index is 11.8. The zero-order valence-electron chi connectivity index (χ0n) is 9.69. The lowest BCUT2D eigenvalue weighted by molar-refractivity contribution is -0.225. The van der Waals surface area contributed by atoms with Gasteiger partial charge in [-0.3, -0.25) is 0 Å². The first-order chi connectivity index (χ1) is 8.25. The van der Waals surface area contributed by atoms with E-state index in [1.165, 1.54) is 0 Å². The van der Waals surface area contributed by atoms with Gasteiger partial charge in [-0.15, -0.1) is 0 Å². The molecule has 1 saturated heterocycles. The molecule has 2 aliphatic heterocycles. The fraction of sp³-hybridized carbons (Fsp3) is 0.462. The normalized spacial score (nSPS) is 26.8. The van der Waals surface area contributed by atoms with Crippen molar-refractivity contribution in [2.24, 2.45) is 0 Å². The molecule has 0 aliphatic carbocycles. The number of carbonyl (C=O) groups is 1. The van der Waals surface area contributed by atoms with Crippen LogP contribution in [0.4, 0.5) is 0 Å². The maximum atomic E-state index is 11.8. The van der Waals surface area contributed by atoms with Crippen molar-refractivity contribution in [3.8, 4) is 5.75 Å². The molecule has 90 valence electrons. The molecule has 0 bridgehead atoms. The summed E-state index contributed by atoms with van der Waals surface area (Å²) in [6, 6.07) is 5.34. The zero-order chi connectivity index (χ0) is 11.9. The van der Waals surface area contributed by atoms with Crippen LogP contribution in [0.2, 0.25) is 0 Å². The van der Waals surface area contributed by atoms with Gasteiger partial charge in [-0.05, 0) is 31.0 Å². The Bertz CT molecular complexity index is 460. The summed E-state index contributed by atoms with van der Waals surface area (Å²) in [5.41, 5.74) is 1.40. The van der Waals surface area contributed by atoms with E-state index in [1.807, 2.05) is 6.07 Å². The van der Waals surface area contributed by atoms with E-state index in [0.29, 0.717) is 12.2 Å². The van der Waals surface area contributed by atoms with Crippen molar-refractivity contribution in [3.63, 3.8) is 0 Å². The summed E-state index contributed by atoms with van der Waals surface area (Å²) in [6.45, 7) is 0.629. The molecule has 0 radical (unpaired) electrons. The topological polar surface area (TPSA) is 44.8 Å². The molecule has 1 aromatic rings.